The molecule has 2 aromatic rings. The van der Waals surface area contributed by atoms with Crippen LogP contribution < -0.4 is 0 Å². The zero-order chi connectivity index (χ0) is 18.6. The van der Waals surface area contributed by atoms with Gasteiger partial charge in [0, 0.05) is 19.4 Å². The Labute approximate surface area is 165 Å². The number of aryl methyl sites for hydroxylation is 2. The highest BCUT2D eigenvalue weighted by atomic mass is 35.5. The maximum Gasteiger partial charge on any atom is 0.142 e. The molecule has 6 heteroatoms. The van der Waals surface area contributed by atoms with E-state index >= 15 is 0 Å². The van der Waals surface area contributed by atoms with Gasteiger partial charge < -0.3 is 9.47 Å². The van der Waals surface area contributed by atoms with Gasteiger partial charge in [0.25, 0.3) is 0 Å². The Morgan fingerprint density at radius 1 is 1.07 bits per heavy atom. The van der Waals surface area contributed by atoms with Crippen LogP contribution in [0, 0.1) is 5.82 Å². The second-order valence-corrected chi connectivity index (χ2v) is 8.29. The van der Waals surface area contributed by atoms with Crippen LogP contribution in [0.3, 0.4) is 0 Å². The van der Waals surface area contributed by atoms with E-state index in [2.05, 4.69) is 19.7 Å². The molecular weight excluding hydrogens is 363 g/mol. The molecule has 0 spiro atoms. The van der Waals surface area contributed by atoms with Gasteiger partial charge in [0.15, 0.2) is 0 Å². The molecule has 1 aromatic heterocycles. The number of likely N-dealkylation sites (tertiary alicyclic amines) is 1. The largest absolute Gasteiger partial charge is 0.315 e. The lowest BCUT2D eigenvalue weighted by Crippen LogP contribution is -2.34. The van der Waals surface area contributed by atoms with Crippen molar-refractivity contribution in [2.24, 2.45) is 0 Å². The van der Waals surface area contributed by atoms with Crippen molar-refractivity contribution < 1.29 is 4.39 Å². The fourth-order valence-electron chi connectivity index (χ4n) is 4.45. The fraction of sp³-hybridized carbons (Fsp3) is 0.619. The highest BCUT2D eigenvalue weighted by Crippen LogP contribution is 2.30. The number of nitrogens with zero attached hydrogens (tertiary/aromatic N) is 4. The summed E-state index contributed by atoms with van der Waals surface area (Å²) >= 11 is 5.80. The predicted octanol–water partition coefficient (Wildman–Crippen LogP) is 4.61. The second-order valence-electron chi connectivity index (χ2n) is 7.89. The molecule has 27 heavy (non-hydrogen) atoms. The van der Waals surface area contributed by atoms with Gasteiger partial charge in [-0.15, -0.1) is 10.2 Å². The van der Waals surface area contributed by atoms with E-state index in [0.717, 1.165) is 63.8 Å². The van der Waals surface area contributed by atoms with Crippen LogP contribution in [0.2, 0.25) is 5.02 Å². The summed E-state index contributed by atoms with van der Waals surface area (Å²) in [7, 11) is 0. The van der Waals surface area contributed by atoms with Crippen molar-refractivity contribution >= 4 is 11.6 Å². The molecule has 0 bridgehead atoms. The van der Waals surface area contributed by atoms with Crippen LogP contribution in [0.25, 0.3) is 0 Å². The van der Waals surface area contributed by atoms with Crippen LogP contribution in [-0.4, -0.2) is 39.3 Å². The highest BCUT2D eigenvalue weighted by molar-refractivity contribution is 6.30. The van der Waals surface area contributed by atoms with Crippen LogP contribution >= 0.6 is 11.6 Å². The van der Waals surface area contributed by atoms with Gasteiger partial charge in [0.05, 0.1) is 5.02 Å². The molecule has 0 amide bonds. The summed E-state index contributed by atoms with van der Waals surface area (Å²) in [5, 5.41) is 9.05. The van der Waals surface area contributed by atoms with Gasteiger partial charge in [0.2, 0.25) is 0 Å². The van der Waals surface area contributed by atoms with Gasteiger partial charge in [-0.05, 0) is 75.4 Å². The Balaban J connectivity index is 1.24. The van der Waals surface area contributed by atoms with E-state index in [1.807, 2.05) is 6.07 Å². The summed E-state index contributed by atoms with van der Waals surface area (Å²) in [5.74, 6) is 2.49. The summed E-state index contributed by atoms with van der Waals surface area (Å²) in [6.45, 7) is 4.34. The SMILES string of the molecule is Fc1cc(C2CCN(CCCc3nnc4n3CCCCC4)CC2)ccc1Cl. The highest BCUT2D eigenvalue weighted by Gasteiger charge is 2.21. The number of piperidine rings is 1. The molecule has 0 aliphatic carbocycles. The molecule has 1 fully saturated rings. The average Bonchev–Trinajstić information content (AvgIpc) is 2.91. The second kappa shape index (κ2) is 8.70. The number of aromatic nitrogens is 3. The van der Waals surface area contributed by atoms with Gasteiger partial charge in [-0.2, -0.15) is 0 Å². The van der Waals surface area contributed by atoms with E-state index in [1.54, 1.807) is 12.1 Å². The minimum Gasteiger partial charge on any atom is -0.315 e. The molecule has 0 atom stereocenters. The lowest BCUT2D eigenvalue weighted by Gasteiger charge is -2.32. The minimum atomic E-state index is -0.302. The zero-order valence-corrected chi connectivity index (χ0v) is 16.6. The molecule has 4 rings (SSSR count). The fourth-order valence-corrected chi connectivity index (χ4v) is 4.56. The molecule has 2 aliphatic heterocycles. The molecule has 0 N–H and O–H groups in total. The van der Waals surface area contributed by atoms with Crippen molar-refractivity contribution in [3.05, 3.63) is 46.3 Å². The van der Waals surface area contributed by atoms with Crippen molar-refractivity contribution in [1.82, 2.24) is 19.7 Å². The summed E-state index contributed by atoms with van der Waals surface area (Å²) < 4.78 is 16.1. The number of rotatable bonds is 5. The summed E-state index contributed by atoms with van der Waals surface area (Å²) in [6.07, 6.45) is 9.17. The molecule has 0 saturated carbocycles. The first-order valence-electron chi connectivity index (χ1n) is 10.3. The van der Waals surface area contributed by atoms with Crippen LogP contribution in [0.4, 0.5) is 4.39 Å². The first-order valence-corrected chi connectivity index (χ1v) is 10.7. The normalized spacial score (nSPS) is 19.0. The zero-order valence-electron chi connectivity index (χ0n) is 15.8. The topological polar surface area (TPSA) is 34.0 Å². The van der Waals surface area contributed by atoms with Crippen LogP contribution in [0.1, 0.15) is 61.7 Å². The van der Waals surface area contributed by atoms with Gasteiger partial charge in [-0.25, -0.2) is 4.39 Å². The van der Waals surface area contributed by atoms with E-state index in [0.29, 0.717) is 5.92 Å². The van der Waals surface area contributed by atoms with Crippen molar-refractivity contribution in [2.45, 2.75) is 63.8 Å². The van der Waals surface area contributed by atoms with E-state index in [-0.39, 0.29) is 10.8 Å². The molecule has 2 aliphatic rings. The first kappa shape index (κ1) is 18.9. The maximum atomic E-state index is 13.7. The minimum absolute atomic E-state index is 0.211. The van der Waals surface area contributed by atoms with Crippen molar-refractivity contribution in [3.8, 4) is 0 Å². The number of hydrogen-bond donors (Lipinski definition) is 0. The van der Waals surface area contributed by atoms with Crippen molar-refractivity contribution in [2.75, 3.05) is 19.6 Å². The van der Waals surface area contributed by atoms with Gasteiger partial charge >= 0.3 is 0 Å². The van der Waals surface area contributed by atoms with E-state index < -0.39 is 0 Å². The summed E-state index contributed by atoms with van der Waals surface area (Å²) in [5.41, 5.74) is 1.09. The monoisotopic (exact) mass is 390 g/mol. The van der Waals surface area contributed by atoms with E-state index in [1.165, 1.54) is 30.9 Å². The quantitative estimate of drug-likeness (QED) is 0.747. The van der Waals surface area contributed by atoms with Gasteiger partial charge in [-0.1, -0.05) is 24.1 Å². The number of fused-ring (bicyclic) bond motifs is 1. The van der Waals surface area contributed by atoms with Gasteiger partial charge in [0.1, 0.15) is 17.5 Å². The standard InChI is InChI=1S/C21H28ClFN4/c22-18-8-7-17(15-19(18)23)16-9-13-26(14-10-16)11-4-6-21-25-24-20-5-2-1-3-12-27(20)21/h7-8,15-16H,1-6,9-14H2. The van der Waals surface area contributed by atoms with Crippen molar-refractivity contribution in [1.29, 1.82) is 0 Å². The Bertz CT molecular complexity index is 768. The third kappa shape index (κ3) is 4.52. The number of hydrogen-bond acceptors (Lipinski definition) is 3. The molecule has 4 nitrogen and oxygen atoms in total. The molecular formula is C21H28ClFN4. The molecule has 1 aromatic carbocycles. The first-order chi connectivity index (χ1) is 13.2. The Kier molecular flexibility index (Phi) is 6.08. The van der Waals surface area contributed by atoms with E-state index in [9.17, 15) is 4.39 Å². The van der Waals surface area contributed by atoms with Gasteiger partial charge in [-0.3, -0.25) is 0 Å². The Morgan fingerprint density at radius 3 is 2.74 bits per heavy atom. The molecule has 1 saturated heterocycles. The predicted molar refractivity (Wildman–Crippen MR) is 106 cm³/mol. The van der Waals surface area contributed by atoms with E-state index in [4.69, 9.17) is 11.6 Å². The van der Waals surface area contributed by atoms with Crippen LogP contribution in [-0.2, 0) is 19.4 Å². The lowest BCUT2D eigenvalue weighted by molar-refractivity contribution is 0.209. The third-order valence-electron chi connectivity index (χ3n) is 6.06. The maximum absolute atomic E-state index is 13.7. The summed E-state index contributed by atoms with van der Waals surface area (Å²) in [6, 6.07) is 5.27. The Morgan fingerprint density at radius 2 is 1.93 bits per heavy atom. The molecule has 0 radical (unpaired) electrons. The van der Waals surface area contributed by atoms with Crippen LogP contribution in [0.5, 0.6) is 0 Å². The van der Waals surface area contributed by atoms with Crippen LogP contribution in [0.15, 0.2) is 18.2 Å². The molecule has 3 heterocycles. The molecule has 0 unspecified atom stereocenters. The Hall–Kier alpha value is -1.46. The number of benzene rings is 1. The average molecular weight is 391 g/mol. The summed E-state index contributed by atoms with van der Waals surface area (Å²) in [4.78, 5) is 2.53. The van der Waals surface area contributed by atoms with Crippen molar-refractivity contribution in [3.63, 3.8) is 0 Å². The number of halogens is 2. The lowest BCUT2D eigenvalue weighted by atomic mass is 9.89. The molecule has 146 valence electrons. The third-order valence-corrected chi connectivity index (χ3v) is 6.37. The smallest absolute Gasteiger partial charge is 0.142 e.